The van der Waals surface area contributed by atoms with E-state index >= 15 is 0 Å². The zero-order valence-electron chi connectivity index (χ0n) is 23.1. The molecule has 1 fully saturated rings. The fourth-order valence-electron chi connectivity index (χ4n) is 5.42. The largest absolute Gasteiger partial charge is 0.300 e. The number of ketones is 3. The van der Waals surface area contributed by atoms with Gasteiger partial charge in [-0.25, -0.2) is 4.99 Å². The molecule has 0 radical (unpaired) electrons. The summed E-state index contributed by atoms with van der Waals surface area (Å²) in [5, 5.41) is 0. The molecule has 0 amide bonds. The summed E-state index contributed by atoms with van der Waals surface area (Å²) in [5.74, 6) is -1.62. The summed E-state index contributed by atoms with van der Waals surface area (Å²) < 4.78 is 28.5. The number of carbonyl (C=O) groups is 3. The Balaban J connectivity index is 1.72. The lowest BCUT2D eigenvalue weighted by Gasteiger charge is -2.25. The Hall–Kier alpha value is -3.98. The average molecular weight is 542 g/mol. The van der Waals surface area contributed by atoms with Crippen molar-refractivity contribution in [1.82, 2.24) is 0 Å². The number of fused-ring (bicyclic) bond motifs is 1. The van der Waals surface area contributed by atoms with Crippen LogP contribution in [0.1, 0.15) is 79.9 Å². The molecule has 1 saturated carbocycles. The molecule has 0 aliphatic heterocycles. The van der Waals surface area contributed by atoms with E-state index in [2.05, 4.69) is 4.99 Å². The van der Waals surface area contributed by atoms with Gasteiger partial charge in [-0.05, 0) is 67.4 Å². The number of terminal acetylenes is 1. The van der Waals surface area contributed by atoms with E-state index < -0.39 is 11.6 Å². The number of benzene rings is 2. The number of aliphatic imine (C=N–C) groups is 1. The van der Waals surface area contributed by atoms with Gasteiger partial charge in [0.1, 0.15) is 11.6 Å². The maximum absolute atomic E-state index is 14.3. The van der Waals surface area contributed by atoms with Crippen LogP contribution in [0.15, 0.2) is 65.2 Å². The van der Waals surface area contributed by atoms with E-state index in [0.717, 1.165) is 23.6 Å². The molecule has 0 N–H and O–H groups in total. The number of rotatable bonds is 6. The molecular formula is C34H33F2NO3. The third kappa shape index (κ3) is 6.59. The summed E-state index contributed by atoms with van der Waals surface area (Å²) in [6.45, 7) is 4.38. The Bertz CT molecular complexity index is 1470. The number of hydrogen-bond acceptors (Lipinski definition) is 4. The molecule has 6 heteroatoms. The predicted octanol–water partition coefficient (Wildman–Crippen LogP) is 7.32. The molecule has 2 aliphatic rings. The Morgan fingerprint density at radius 1 is 1.05 bits per heavy atom. The molecule has 2 aromatic rings. The molecule has 2 aliphatic carbocycles. The minimum atomic E-state index is -3.31. The maximum Gasteiger partial charge on any atom is 0.294 e. The van der Waals surface area contributed by atoms with E-state index in [0.29, 0.717) is 60.9 Å². The number of nitrogens with zero attached hydrogens (tertiary/aromatic N) is 1. The summed E-state index contributed by atoms with van der Waals surface area (Å²) in [6, 6.07) is 14.5. The van der Waals surface area contributed by atoms with Crippen molar-refractivity contribution in [3.63, 3.8) is 0 Å². The van der Waals surface area contributed by atoms with Crippen molar-refractivity contribution in [1.29, 1.82) is 0 Å². The van der Waals surface area contributed by atoms with Gasteiger partial charge < -0.3 is 0 Å². The fourth-order valence-corrected chi connectivity index (χ4v) is 5.42. The minimum Gasteiger partial charge on any atom is -0.300 e. The van der Waals surface area contributed by atoms with Gasteiger partial charge in [0.2, 0.25) is 0 Å². The number of hydrogen-bond donors (Lipinski definition) is 0. The second kappa shape index (κ2) is 12.0. The lowest BCUT2D eigenvalue weighted by molar-refractivity contribution is -0.129. The van der Waals surface area contributed by atoms with Crippen LogP contribution in [-0.4, -0.2) is 29.0 Å². The molecule has 4 rings (SSSR count). The molecule has 206 valence electrons. The molecule has 2 unspecified atom stereocenters. The second-order valence-corrected chi connectivity index (χ2v) is 10.9. The molecule has 40 heavy (non-hydrogen) atoms. The topological polar surface area (TPSA) is 63.6 Å². The highest BCUT2D eigenvalue weighted by molar-refractivity contribution is 6.10. The van der Waals surface area contributed by atoms with Gasteiger partial charge in [-0.15, -0.1) is 6.42 Å². The van der Waals surface area contributed by atoms with E-state index in [9.17, 15) is 23.2 Å². The van der Waals surface area contributed by atoms with Crippen LogP contribution in [0, 0.1) is 24.2 Å². The van der Waals surface area contributed by atoms with Gasteiger partial charge in [0.05, 0.1) is 5.70 Å². The predicted molar refractivity (Wildman–Crippen MR) is 154 cm³/mol. The first-order valence-electron chi connectivity index (χ1n) is 13.6. The van der Waals surface area contributed by atoms with Gasteiger partial charge in [-0.1, -0.05) is 55.0 Å². The lowest BCUT2D eigenvalue weighted by atomic mass is 9.78. The molecule has 0 aromatic heterocycles. The quantitative estimate of drug-likeness (QED) is 0.219. The number of carbonyl (C=O) groups excluding carboxylic acids is 3. The molecule has 0 spiro atoms. The van der Waals surface area contributed by atoms with Crippen LogP contribution >= 0.6 is 0 Å². The summed E-state index contributed by atoms with van der Waals surface area (Å²) in [7, 11) is 0. The van der Waals surface area contributed by atoms with Gasteiger partial charge in [0, 0.05) is 42.7 Å². The third-order valence-electron chi connectivity index (χ3n) is 7.76. The van der Waals surface area contributed by atoms with Crippen LogP contribution in [0.4, 0.5) is 8.78 Å². The number of allylic oxidation sites excluding steroid dienone is 3. The van der Waals surface area contributed by atoms with Crippen molar-refractivity contribution in [3.05, 3.63) is 82.4 Å². The Labute approximate surface area is 234 Å². The van der Waals surface area contributed by atoms with Crippen LogP contribution < -0.4 is 0 Å². The van der Waals surface area contributed by atoms with Crippen LogP contribution in [0.3, 0.4) is 0 Å². The standard InChI is InChI=1S/C34H33F2NO3/c1-5-31(34(4,35)36)37-32(22(3)24-9-7-6-8-10-24)25-13-16-29-27(20-25)18-23(19-30(29)39)17-26-12-15-28(38)14-11-21(2)33(26)40/h1,6-10,13,16,19-21,26H,11-12,14-15,17-18H2,2-4H3/b32-22+,37-31?. The lowest BCUT2D eigenvalue weighted by Crippen LogP contribution is -2.27. The smallest absolute Gasteiger partial charge is 0.294 e. The normalized spacial score (nSPS) is 21.1. The third-order valence-corrected chi connectivity index (χ3v) is 7.76. The summed E-state index contributed by atoms with van der Waals surface area (Å²) in [4.78, 5) is 42.5. The summed E-state index contributed by atoms with van der Waals surface area (Å²) in [6.07, 6.45) is 9.73. The van der Waals surface area contributed by atoms with Crippen LogP contribution in [0.25, 0.3) is 11.3 Å². The SMILES string of the molecule is C#CC(=N/C(=C(\C)c1ccccc1)c1ccc2c(c1)CC(CC1CCC(=O)CCC(C)C1=O)=CC2=O)C(C)(F)F. The number of halogens is 2. The molecule has 2 aromatic carbocycles. The monoisotopic (exact) mass is 541 g/mol. The first-order valence-corrected chi connectivity index (χ1v) is 13.6. The highest BCUT2D eigenvalue weighted by Crippen LogP contribution is 2.34. The van der Waals surface area contributed by atoms with Crippen molar-refractivity contribution in [2.45, 2.75) is 65.2 Å². The minimum absolute atomic E-state index is 0.140. The molecule has 0 heterocycles. The van der Waals surface area contributed by atoms with Crippen LogP contribution in [-0.2, 0) is 16.0 Å². The second-order valence-electron chi connectivity index (χ2n) is 10.9. The Morgan fingerprint density at radius 3 is 2.42 bits per heavy atom. The van der Waals surface area contributed by atoms with Gasteiger partial charge in [0.25, 0.3) is 5.92 Å². The van der Waals surface area contributed by atoms with Crippen molar-refractivity contribution in [2.24, 2.45) is 16.8 Å². The van der Waals surface area contributed by atoms with Crippen LogP contribution in [0.5, 0.6) is 0 Å². The van der Waals surface area contributed by atoms with E-state index in [1.54, 1.807) is 31.2 Å². The van der Waals surface area contributed by atoms with Crippen molar-refractivity contribution < 1.29 is 23.2 Å². The van der Waals surface area contributed by atoms with Crippen molar-refractivity contribution in [3.8, 4) is 12.3 Å². The van der Waals surface area contributed by atoms with Gasteiger partial charge in [-0.3, -0.25) is 14.4 Å². The number of Topliss-reactive ketones (excluding diaryl/α,β-unsaturated/α-hetero) is 2. The molecule has 4 nitrogen and oxygen atoms in total. The van der Waals surface area contributed by atoms with Gasteiger partial charge in [0.15, 0.2) is 11.5 Å². The molecule has 0 saturated heterocycles. The molecule has 0 bridgehead atoms. The Morgan fingerprint density at radius 2 is 1.75 bits per heavy atom. The zero-order chi connectivity index (χ0) is 29.0. The maximum atomic E-state index is 14.3. The highest BCUT2D eigenvalue weighted by Gasteiger charge is 2.31. The zero-order valence-corrected chi connectivity index (χ0v) is 23.1. The molecular weight excluding hydrogens is 508 g/mol. The molecule has 2 atom stereocenters. The van der Waals surface area contributed by atoms with Crippen molar-refractivity contribution in [2.75, 3.05) is 0 Å². The summed E-state index contributed by atoms with van der Waals surface area (Å²) >= 11 is 0. The summed E-state index contributed by atoms with van der Waals surface area (Å²) in [5.41, 5.74) is 3.74. The van der Waals surface area contributed by atoms with Gasteiger partial charge >= 0.3 is 0 Å². The average Bonchev–Trinajstić information content (AvgIpc) is 2.92. The Kier molecular flexibility index (Phi) is 8.73. The van der Waals surface area contributed by atoms with E-state index in [1.165, 1.54) is 0 Å². The first-order chi connectivity index (χ1) is 19.0. The highest BCUT2D eigenvalue weighted by atomic mass is 19.3. The van der Waals surface area contributed by atoms with E-state index in [1.807, 2.05) is 43.2 Å². The van der Waals surface area contributed by atoms with Crippen molar-refractivity contribution >= 4 is 34.3 Å². The first kappa shape index (κ1) is 29.0. The fraction of sp³-hybridized carbons (Fsp3) is 0.353. The number of alkyl halides is 2. The van der Waals surface area contributed by atoms with Crippen LogP contribution in [0.2, 0.25) is 0 Å². The van der Waals surface area contributed by atoms with E-state index in [-0.39, 0.29) is 29.2 Å². The van der Waals surface area contributed by atoms with Gasteiger partial charge in [-0.2, -0.15) is 8.78 Å². The van der Waals surface area contributed by atoms with E-state index in [4.69, 9.17) is 6.42 Å².